The Morgan fingerprint density at radius 2 is 2.29 bits per heavy atom. The van der Waals surface area contributed by atoms with Crippen LogP contribution in [-0.4, -0.2) is 11.9 Å². The van der Waals surface area contributed by atoms with Crippen LogP contribution in [0.5, 0.6) is 0 Å². The predicted octanol–water partition coefficient (Wildman–Crippen LogP) is -4.03. The molecule has 0 aromatic heterocycles. The molecule has 0 saturated heterocycles. The van der Waals surface area contributed by atoms with Crippen molar-refractivity contribution in [3.63, 3.8) is 0 Å². The Balaban J connectivity index is 0. The summed E-state index contributed by atoms with van der Waals surface area (Å²) in [4.78, 5) is 9.25. The maximum atomic E-state index is 9.25. The molecule has 6 heteroatoms. The van der Waals surface area contributed by atoms with Crippen LogP contribution in [0.1, 0.15) is 0 Å². The molecule has 4 nitrogen and oxygen atoms in total. The molecular formula is CH3NaO4P+. The van der Waals surface area contributed by atoms with Crippen molar-refractivity contribution in [1.82, 2.24) is 0 Å². The van der Waals surface area contributed by atoms with Crippen molar-refractivity contribution in [1.29, 1.82) is 0 Å². The summed E-state index contributed by atoms with van der Waals surface area (Å²) >= 11 is 0. The van der Waals surface area contributed by atoms with E-state index in [0.29, 0.717) is 0 Å². The molecule has 0 radical (unpaired) electrons. The zero-order chi connectivity index (χ0) is 4.99. The summed E-state index contributed by atoms with van der Waals surface area (Å²) in [6.45, 7) is -0.765. The topological polar surface area (TPSA) is 69.6 Å². The second kappa shape index (κ2) is 6.98. The minimum Gasteiger partial charge on any atom is -0.566 e. The fourth-order valence-electron chi connectivity index (χ4n) is 0.0471. The van der Waals surface area contributed by atoms with Gasteiger partial charge in [0.15, 0.2) is 6.79 Å². The Morgan fingerprint density at radius 1 is 1.86 bits per heavy atom. The Hall–Kier alpha value is 0.980. The predicted molar refractivity (Wildman–Crippen MR) is 15.8 cm³/mol. The van der Waals surface area contributed by atoms with Gasteiger partial charge in [0.1, 0.15) is 0 Å². The molecule has 36 valence electrons. The molecule has 0 fully saturated rings. The third-order valence-corrected chi connectivity index (χ3v) is 0.489. The molecule has 0 spiro atoms. The van der Waals surface area contributed by atoms with E-state index in [1.807, 2.05) is 0 Å². The minimum atomic E-state index is -2.85. The van der Waals surface area contributed by atoms with Crippen LogP contribution in [0.4, 0.5) is 0 Å². The van der Waals surface area contributed by atoms with Gasteiger partial charge in [-0.3, -0.25) is 0 Å². The van der Waals surface area contributed by atoms with Crippen molar-refractivity contribution < 1.29 is 48.6 Å². The van der Waals surface area contributed by atoms with E-state index in [0.717, 1.165) is 0 Å². The first-order valence-corrected chi connectivity index (χ1v) is 2.25. The van der Waals surface area contributed by atoms with Gasteiger partial charge < -0.3 is 10.00 Å². The molecule has 1 atom stereocenters. The fraction of sp³-hybridized carbons (Fsp3) is 1.00. The van der Waals surface area contributed by atoms with Crippen LogP contribution in [-0.2, 0) is 9.09 Å². The summed E-state index contributed by atoms with van der Waals surface area (Å²) in [5, 5.41) is 7.63. The van der Waals surface area contributed by atoms with Gasteiger partial charge in [-0.2, -0.15) is 0 Å². The van der Waals surface area contributed by atoms with Gasteiger partial charge in [-0.15, -0.1) is 4.52 Å². The molecule has 0 aliphatic carbocycles. The molecule has 0 aliphatic heterocycles. The van der Waals surface area contributed by atoms with Gasteiger partial charge in [0.25, 0.3) is 0 Å². The molecule has 0 aromatic carbocycles. The van der Waals surface area contributed by atoms with Crippen LogP contribution in [0.15, 0.2) is 0 Å². The van der Waals surface area contributed by atoms with Crippen molar-refractivity contribution in [2.45, 2.75) is 0 Å². The first-order valence-electron chi connectivity index (χ1n) is 1.15. The van der Waals surface area contributed by atoms with Crippen molar-refractivity contribution in [3.05, 3.63) is 0 Å². The smallest absolute Gasteiger partial charge is 0.566 e. The Morgan fingerprint density at radius 3 is 2.29 bits per heavy atom. The maximum absolute atomic E-state index is 9.25. The third kappa shape index (κ3) is 10.9. The van der Waals surface area contributed by atoms with E-state index in [1.54, 1.807) is 0 Å². The summed E-state index contributed by atoms with van der Waals surface area (Å²) < 4.78 is 12.8. The zero-order valence-electron chi connectivity index (χ0n) is 3.83. The SMILES string of the molecule is O=[P+]([O-])OCO.[Na+]. The average molecular weight is 133 g/mol. The van der Waals surface area contributed by atoms with Gasteiger partial charge in [0.2, 0.25) is 0 Å². The first-order chi connectivity index (χ1) is 2.77. The van der Waals surface area contributed by atoms with Crippen molar-refractivity contribution in [2.24, 2.45) is 0 Å². The van der Waals surface area contributed by atoms with Crippen molar-refractivity contribution in [2.75, 3.05) is 6.79 Å². The third-order valence-electron chi connectivity index (χ3n) is 0.163. The van der Waals surface area contributed by atoms with E-state index in [4.69, 9.17) is 5.11 Å². The van der Waals surface area contributed by atoms with Gasteiger partial charge in [0, 0.05) is 0 Å². The molecular weight excluding hydrogens is 130 g/mol. The van der Waals surface area contributed by atoms with E-state index in [1.165, 1.54) is 0 Å². The van der Waals surface area contributed by atoms with Crippen LogP contribution in [0.3, 0.4) is 0 Å². The van der Waals surface area contributed by atoms with Gasteiger partial charge in [-0.05, 0) is 4.57 Å². The number of aliphatic hydroxyl groups is 1. The van der Waals surface area contributed by atoms with E-state index >= 15 is 0 Å². The second-order valence-corrected chi connectivity index (χ2v) is 1.19. The standard InChI is InChI=1S/CH3O4P.Na/c2-1-5-6(3)4;/h2H,1H2;/q;+1. The Labute approximate surface area is 63.7 Å². The molecule has 0 bridgehead atoms. The quantitative estimate of drug-likeness (QED) is 0.236. The Bertz CT molecular complexity index is 55.7. The second-order valence-electron chi connectivity index (χ2n) is 0.482. The molecule has 7 heavy (non-hydrogen) atoms. The number of aliphatic hydroxyl groups excluding tert-OH is 1. The largest absolute Gasteiger partial charge is 1.00 e. The molecule has 0 aliphatic rings. The van der Waals surface area contributed by atoms with E-state index < -0.39 is 15.0 Å². The van der Waals surface area contributed by atoms with Crippen LogP contribution in [0, 0.1) is 0 Å². The molecule has 0 amide bonds. The Kier molecular flexibility index (Phi) is 10.8. The summed E-state index contributed by atoms with van der Waals surface area (Å²) in [6, 6.07) is 0. The van der Waals surface area contributed by atoms with Crippen molar-refractivity contribution in [3.8, 4) is 0 Å². The number of hydrogen-bond donors (Lipinski definition) is 1. The molecule has 1 N–H and O–H groups in total. The summed E-state index contributed by atoms with van der Waals surface area (Å²) in [5.74, 6) is 0. The van der Waals surface area contributed by atoms with Crippen LogP contribution in [0.2, 0.25) is 0 Å². The monoisotopic (exact) mass is 133 g/mol. The summed E-state index contributed by atoms with van der Waals surface area (Å²) in [7, 11) is -2.85. The molecule has 0 aromatic rings. The van der Waals surface area contributed by atoms with Crippen molar-refractivity contribution >= 4 is 8.25 Å². The summed E-state index contributed by atoms with van der Waals surface area (Å²) in [6.07, 6.45) is 0. The fourth-order valence-corrected chi connectivity index (χ4v) is 0.141. The number of hydrogen-bond acceptors (Lipinski definition) is 4. The van der Waals surface area contributed by atoms with E-state index in [-0.39, 0.29) is 29.6 Å². The van der Waals surface area contributed by atoms with E-state index in [9.17, 15) is 9.46 Å². The van der Waals surface area contributed by atoms with Gasteiger partial charge in [0.05, 0.1) is 0 Å². The molecule has 0 rings (SSSR count). The molecule has 0 saturated carbocycles. The maximum Gasteiger partial charge on any atom is 1.00 e. The molecule has 0 heterocycles. The van der Waals surface area contributed by atoms with Gasteiger partial charge >= 0.3 is 37.8 Å². The van der Waals surface area contributed by atoms with Gasteiger partial charge in [-0.25, -0.2) is 0 Å². The van der Waals surface area contributed by atoms with E-state index in [2.05, 4.69) is 4.52 Å². The summed E-state index contributed by atoms with van der Waals surface area (Å²) in [5.41, 5.74) is 0. The zero-order valence-corrected chi connectivity index (χ0v) is 6.72. The number of rotatable bonds is 2. The minimum absolute atomic E-state index is 0. The normalized spacial score (nSPS) is 9.71. The van der Waals surface area contributed by atoms with Crippen LogP contribution >= 0.6 is 8.25 Å². The molecule has 1 unspecified atom stereocenters. The first kappa shape index (κ1) is 10.9. The van der Waals surface area contributed by atoms with Crippen LogP contribution in [0.25, 0.3) is 0 Å². The average Bonchev–Trinajstić information content (AvgIpc) is 1.35. The van der Waals surface area contributed by atoms with Crippen LogP contribution < -0.4 is 34.5 Å². The van der Waals surface area contributed by atoms with Gasteiger partial charge in [-0.1, -0.05) is 0 Å².